The van der Waals surface area contributed by atoms with Crippen molar-refractivity contribution in [2.45, 2.75) is 32.0 Å². The molecule has 4 aromatic rings. The van der Waals surface area contributed by atoms with Gasteiger partial charge >= 0.3 is 0 Å². The minimum atomic E-state index is -0.145. The number of amides is 1. The van der Waals surface area contributed by atoms with Crippen molar-refractivity contribution in [3.8, 4) is 0 Å². The van der Waals surface area contributed by atoms with E-state index in [4.69, 9.17) is 4.98 Å². The Morgan fingerprint density at radius 2 is 1.87 bits per heavy atom. The van der Waals surface area contributed by atoms with Crippen molar-refractivity contribution >= 4 is 11.4 Å². The van der Waals surface area contributed by atoms with Crippen LogP contribution in [0, 0.1) is 0 Å². The second kappa shape index (κ2) is 8.70. The summed E-state index contributed by atoms with van der Waals surface area (Å²) in [5, 5.41) is 3.02. The van der Waals surface area contributed by atoms with Gasteiger partial charge in [0.1, 0.15) is 5.82 Å². The molecule has 1 aliphatic heterocycles. The molecule has 0 aliphatic carbocycles. The van der Waals surface area contributed by atoms with Crippen LogP contribution in [0.2, 0.25) is 0 Å². The summed E-state index contributed by atoms with van der Waals surface area (Å²) in [5.41, 5.74) is 3.44. The van der Waals surface area contributed by atoms with Crippen LogP contribution in [-0.4, -0.2) is 31.7 Å². The number of aromatic nitrogens is 3. The normalized spacial score (nSPS) is 16.6. The summed E-state index contributed by atoms with van der Waals surface area (Å²) in [6.45, 7) is 2.26. The van der Waals surface area contributed by atoms with Gasteiger partial charge in [-0.25, -0.2) is 4.98 Å². The Morgan fingerprint density at radius 1 is 1.03 bits per heavy atom. The molecule has 1 aromatic carbocycles. The number of benzene rings is 1. The molecule has 156 valence electrons. The van der Waals surface area contributed by atoms with E-state index < -0.39 is 0 Å². The summed E-state index contributed by atoms with van der Waals surface area (Å²) in [6.07, 6.45) is 5.96. The fourth-order valence-electron chi connectivity index (χ4n) is 4.33. The van der Waals surface area contributed by atoms with Crippen LogP contribution in [0.4, 0.5) is 0 Å². The van der Waals surface area contributed by atoms with Gasteiger partial charge in [-0.05, 0) is 49.2 Å². The lowest BCUT2D eigenvalue weighted by Gasteiger charge is -2.23. The van der Waals surface area contributed by atoms with Gasteiger partial charge in [0.15, 0.2) is 5.69 Å². The van der Waals surface area contributed by atoms with Gasteiger partial charge in [0.2, 0.25) is 0 Å². The first-order chi connectivity index (χ1) is 15.3. The molecule has 6 nitrogen and oxygen atoms in total. The van der Waals surface area contributed by atoms with E-state index in [2.05, 4.69) is 25.7 Å². The molecule has 0 radical (unpaired) electrons. The fraction of sp³-hybridized carbons (Fsp3) is 0.240. The minimum Gasteiger partial charge on any atom is -0.347 e. The van der Waals surface area contributed by atoms with Crippen LogP contribution in [-0.2, 0) is 13.1 Å². The molecule has 1 amide bonds. The highest BCUT2D eigenvalue weighted by atomic mass is 16.1. The van der Waals surface area contributed by atoms with Gasteiger partial charge in [0.25, 0.3) is 5.91 Å². The highest BCUT2D eigenvalue weighted by molar-refractivity contribution is 5.99. The summed E-state index contributed by atoms with van der Waals surface area (Å²) in [6, 6.07) is 22.0. The van der Waals surface area contributed by atoms with Crippen molar-refractivity contribution in [3.05, 3.63) is 102 Å². The topological polar surface area (TPSA) is 62.5 Å². The second-order valence-electron chi connectivity index (χ2n) is 7.89. The minimum absolute atomic E-state index is 0.145. The highest BCUT2D eigenvalue weighted by Gasteiger charge is 2.31. The average molecular weight is 412 g/mol. The Kier molecular flexibility index (Phi) is 5.46. The van der Waals surface area contributed by atoms with E-state index in [1.165, 1.54) is 0 Å². The molecule has 0 unspecified atom stereocenters. The number of carbonyl (C=O) groups is 1. The number of carbonyl (C=O) groups excluding carboxylic acids is 1. The summed E-state index contributed by atoms with van der Waals surface area (Å²) >= 11 is 0. The summed E-state index contributed by atoms with van der Waals surface area (Å²) < 4.78 is 2.07. The molecule has 6 heteroatoms. The Hall–Kier alpha value is -3.51. The third-order valence-electron chi connectivity index (χ3n) is 5.84. The molecule has 1 fully saturated rings. The smallest absolute Gasteiger partial charge is 0.272 e. The zero-order valence-corrected chi connectivity index (χ0v) is 17.3. The molecule has 31 heavy (non-hydrogen) atoms. The number of fused-ring (bicyclic) bond motifs is 1. The van der Waals surface area contributed by atoms with Gasteiger partial charge < -0.3 is 9.72 Å². The predicted octanol–water partition coefficient (Wildman–Crippen LogP) is 4.00. The molecule has 1 saturated heterocycles. The first kappa shape index (κ1) is 19.5. The SMILES string of the molecule is O=C(NCc1ccccc1)c1nc([C@H]2CCCN2Cc2ccccn2)n2ccccc12. The van der Waals surface area contributed by atoms with Crippen LogP contribution in [0.1, 0.15) is 46.5 Å². The van der Waals surface area contributed by atoms with E-state index in [0.29, 0.717) is 12.2 Å². The van der Waals surface area contributed by atoms with Crippen molar-refractivity contribution in [1.29, 1.82) is 0 Å². The molecule has 1 N–H and O–H groups in total. The molecule has 0 spiro atoms. The highest BCUT2D eigenvalue weighted by Crippen LogP contribution is 2.33. The third kappa shape index (κ3) is 4.07. The lowest BCUT2D eigenvalue weighted by molar-refractivity contribution is 0.0947. The van der Waals surface area contributed by atoms with Gasteiger partial charge in [0, 0.05) is 25.5 Å². The molecular weight excluding hydrogens is 386 g/mol. The van der Waals surface area contributed by atoms with Crippen LogP contribution in [0.15, 0.2) is 79.1 Å². The molecule has 0 saturated carbocycles. The standard InChI is InChI=1S/C25H25N5O/c31-25(27-17-19-9-2-1-3-10-19)23-21-12-5-7-16-30(21)24(28-23)22-13-8-15-29(22)18-20-11-4-6-14-26-20/h1-7,9-12,14,16,22H,8,13,15,17-18H2,(H,27,31)/t22-/m1/s1. The van der Waals surface area contributed by atoms with Crippen molar-refractivity contribution in [2.24, 2.45) is 0 Å². The maximum atomic E-state index is 13.0. The summed E-state index contributed by atoms with van der Waals surface area (Å²) in [5.74, 6) is 0.780. The van der Waals surface area contributed by atoms with Crippen LogP contribution < -0.4 is 5.32 Å². The number of nitrogens with zero attached hydrogens (tertiary/aromatic N) is 4. The lowest BCUT2D eigenvalue weighted by atomic mass is 10.2. The molecule has 0 bridgehead atoms. The predicted molar refractivity (Wildman–Crippen MR) is 119 cm³/mol. The van der Waals surface area contributed by atoms with Gasteiger partial charge in [-0.3, -0.25) is 14.7 Å². The van der Waals surface area contributed by atoms with E-state index in [1.807, 2.05) is 73.1 Å². The van der Waals surface area contributed by atoms with Gasteiger partial charge in [-0.1, -0.05) is 42.5 Å². The Bertz CT molecular complexity index is 1170. The van der Waals surface area contributed by atoms with Crippen LogP contribution in [0.5, 0.6) is 0 Å². The Balaban J connectivity index is 1.42. The molecule has 4 heterocycles. The maximum Gasteiger partial charge on any atom is 0.272 e. The average Bonchev–Trinajstić information content (AvgIpc) is 3.43. The van der Waals surface area contributed by atoms with E-state index in [1.54, 1.807) is 0 Å². The monoisotopic (exact) mass is 411 g/mol. The van der Waals surface area contributed by atoms with Crippen molar-refractivity contribution < 1.29 is 4.79 Å². The van der Waals surface area contributed by atoms with Gasteiger partial charge in [-0.2, -0.15) is 0 Å². The van der Waals surface area contributed by atoms with E-state index in [0.717, 1.165) is 48.5 Å². The number of hydrogen-bond acceptors (Lipinski definition) is 4. The first-order valence-corrected chi connectivity index (χ1v) is 10.7. The van der Waals surface area contributed by atoms with E-state index >= 15 is 0 Å². The number of likely N-dealkylation sites (tertiary alicyclic amines) is 1. The van der Waals surface area contributed by atoms with Crippen LogP contribution >= 0.6 is 0 Å². The van der Waals surface area contributed by atoms with E-state index in [9.17, 15) is 4.79 Å². The number of nitrogens with one attached hydrogen (secondary N) is 1. The lowest BCUT2D eigenvalue weighted by Crippen LogP contribution is -2.25. The Morgan fingerprint density at radius 3 is 2.71 bits per heavy atom. The number of rotatable bonds is 6. The van der Waals surface area contributed by atoms with Gasteiger partial charge in [0.05, 0.1) is 17.3 Å². The zero-order valence-electron chi connectivity index (χ0n) is 17.3. The fourth-order valence-corrected chi connectivity index (χ4v) is 4.33. The van der Waals surface area contributed by atoms with Crippen LogP contribution in [0.3, 0.4) is 0 Å². The number of pyridine rings is 2. The molecule has 5 rings (SSSR count). The van der Waals surface area contributed by atoms with Gasteiger partial charge in [-0.15, -0.1) is 0 Å². The second-order valence-corrected chi connectivity index (χ2v) is 7.89. The number of hydrogen-bond donors (Lipinski definition) is 1. The Labute approximate surface area is 181 Å². The van der Waals surface area contributed by atoms with Crippen molar-refractivity contribution in [2.75, 3.05) is 6.54 Å². The quantitative estimate of drug-likeness (QED) is 0.521. The first-order valence-electron chi connectivity index (χ1n) is 10.7. The molecule has 1 aliphatic rings. The van der Waals surface area contributed by atoms with Crippen molar-refractivity contribution in [3.63, 3.8) is 0 Å². The molecule has 1 atom stereocenters. The third-order valence-corrected chi connectivity index (χ3v) is 5.84. The van der Waals surface area contributed by atoms with Crippen LogP contribution in [0.25, 0.3) is 5.52 Å². The largest absolute Gasteiger partial charge is 0.347 e. The molecular formula is C25H25N5O. The molecule has 3 aromatic heterocycles. The summed E-state index contributed by atoms with van der Waals surface area (Å²) in [4.78, 5) is 24.8. The number of imidazole rings is 1. The zero-order chi connectivity index (χ0) is 21.0. The summed E-state index contributed by atoms with van der Waals surface area (Å²) in [7, 11) is 0. The maximum absolute atomic E-state index is 13.0. The van der Waals surface area contributed by atoms with Crippen molar-refractivity contribution in [1.82, 2.24) is 24.6 Å². The van der Waals surface area contributed by atoms with E-state index in [-0.39, 0.29) is 11.9 Å².